The Morgan fingerprint density at radius 2 is 2.37 bits per heavy atom. The van der Waals surface area contributed by atoms with Gasteiger partial charge in [-0.25, -0.2) is 4.98 Å². The molecular weight excluding hydrogens is 260 g/mol. The number of aldehydes is 1. The van der Waals surface area contributed by atoms with Crippen LogP contribution in [-0.4, -0.2) is 37.1 Å². The van der Waals surface area contributed by atoms with E-state index in [0.717, 1.165) is 67.4 Å². The number of hydrogen-bond acceptors (Lipinski definition) is 5. The van der Waals surface area contributed by atoms with Gasteiger partial charge >= 0.3 is 0 Å². The first-order valence-corrected chi connectivity index (χ1v) is 7.91. The van der Waals surface area contributed by atoms with E-state index in [9.17, 15) is 4.79 Å². The van der Waals surface area contributed by atoms with E-state index >= 15 is 0 Å². The SMILES string of the molecule is CCCOC1CCCN(c2nc(CC)c(C=O)s2)C1. The third-order valence-electron chi connectivity index (χ3n) is 3.36. The molecule has 2 rings (SSSR count). The lowest BCUT2D eigenvalue weighted by Crippen LogP contribution is -2.39. The second-order valence-electron chi connectivity index (χ2n) is 4.86. The lowest BCUT2D eigenvalue weighted by molar-refractivity contribution is 0.0440. The van der Waals surface area contributed by atoms with Crippen molar-refractivity contribution in [2.75, 3.05) is 24.6 Å². The van der Waals surface area contributed by atoms with E-state index in [1.54, 1.807) is 0 Å². The normalized spacial score (nSPS) is 19.7. The fourth-order valence-corrected chi connectivity index (χ4v) is 3.37. The minimum atomic E-state index is 0.308. The highest BCUT2D eigenvalue weighted by Gasteiger charge is 2.23. The van der Waals surface area contributed by atoms with Crippen LogP contribution in [0.1, 0.15) is 48.5 Å². The number of piperidine rings is 1. The molecule has 0 amide bonds. The molecule has 1 atom stereocenters. The molecule has 1 saturated heterocycles. The average Bonchev–Trinajstić information content (AvgIpc) is 2.88. The number of aromatic nitrogens is 1. The lowest BCUT2D eigenvalue weighted by Gasteiger charge is -2.32. The molecule has 1 aliphatic heterocycles. The molecule has 0 radical (unpaired) electrons. The molecule has 0 bridgehead atoms. The summed E-state index contributed by atoms with van der Waals surface area (Å²) >= 11 is 1.51. The van der Waals surface area contributed by atoms with Crippen LogP contribution in [-0.2, 0) is 11.2 Å². The summed E-state index contributed by atoms with van der Waals surface area (Å²) in [5.74, 6) is 0. The molecule has 0 aliphatic carbocycles. The van der Waals surface area contributed by atoms with Gasteiger partial charge in [0.25, 0.3) is 0 Å². The van der Waals surface area contributed by atoms with E-state index in [2.05, 4.69) is 16.8 Å². The summed E-state index contributed by atoms with van der Waals surface area (Å²) in [7, 11) is 0. The summed E-state index contributed by atoms with van der Waals surface area (Å²) in [6.07, 6.45) is 5.36. The van der Waals surface area contributed by atoms with Crippen LogP contribution in [0.25, 0.3) is 0 Å². The van der Waals surface area contributed by atoms with Crippen LogP contribution in [0.5, 0.6) is 0 Å². The van der Waals surface area contributed by atoms with Crippen LogP contribution in [0.3, 0.4) is 0 Å². The van der Waals surface area contributed by atoms with Gasteiger partial charge in [0.2, 0.25) is 0 Å². The standard InChI is InChI=1S/C14H22N2O2S/c1-3-8-18-11-6-5-7-16(9-11)14-15-12(4-2)13(10-17)19-14/h10-11H,3-9H2,1-2H3. The zero-order valence-electron chi connectivity index (χ0n) is 11.7. The average molecular weight is 282 g/mol. The van der Waals surface area contributed by atoms with Gasteiger partial charge < -0.3 is 9.64 Å². The highest BCUT2D eigenvalue weighted by Crippen LogP contribution is 2.28. The maximum atomic E-state index is 11.0. The Morgan fingerprint density at radius 3 is 3.00 bits per heavy atom. The zero-order valence-corrected chi connectivity index (χ0v) is 12.5. The molecule has 0 saturated carbocycles. The van der Waals surface area contributed by atoms with Crippen molar-refractivity contribution < 1.29 is 9.53 Å². The summed E-state index contributed by atoms with van der Waals surface area (Å²) in [5, 5.41) is 0.976. The molecule has 1 aliphatic rings. The van der Waals surface area contributed by atoms with E-state index in [1.165, 1.54) is 11.3 Å². The molecule has 106 valence electrons. The number of anilines is 1. The van der Waals surface area contributed by atoms with Gasteiger partial charge in [0.05, 0.1) is 16.7 Å². The van der Waals surface area contributed by atoms with E-state index < -0.39 is 0 Å². The van der Waals surface area contributed by atoms with Gasteiger partial charge in [-0.2, -0.15) is 0 Å². The Balaban J connectivity index is 2.04. The molecule has 0 aromatic carbocycles. The Kier molecular flexibility index (Phi) is 5.34. The highest BCUT2D eigenvalue weighted by molar-refractivity contribution is 7.17. The third kappa shape index (κ3) is 3.54. The van der Waals surface area contributed by atoms with Crippen molar-refractivity contribution in [1.82, 2.24) is 4.98 Å². The van der Waals surface area contributed by atoms with Crippen LogP contribution in [0.4, 0.5) is 5.13 Å². The molecule has 0 spiro atoms. The van der Waals surface area contributed by atoms with Gasteiger partial charge in [-0.15, -0.1) is 0 Å². The molecule has 4 nitrogen and oxygen atoms in total. The highest BCUT2D eigenvalue weighted by atomic mass is 32.1. The predicted octanol–water partition coefficient (Wildman–Crippen LogP) is 2.91. The maximum absolute atomic E-state index is 11.0. The number of thiazole rings is 1. The van der Waals surface area contributed by atoms with Crippen LogP contribution in [0.15, 0.2) is 0 Å². The third-order valence-corrected chi connectivity index (χ3v) is 4.45. The number of nitrogens with zero attached hydrogens (tertiary/aromatic N) is 2. The van der Waals surface area contributed by atoms with Crippen molar-refractivity contribution >= 4 is 22.8 Å². The zero-order chi connectivity index (χ0) is 13.7. The molecule has 5 heteroatoms. The Labute approximate surface area is 118 Å². The first-order valence-electron chi connectivity index (χ1n) is 7.09. The van der Waals surface area contributed by atoms with Crippen LogP contribution in [0, 0.1) is 0 Å². The summed E-state index contributed by atoms with van der Waals surface area (Å²) in [4.78, 5) is 18.6. The van der Waals surface area contributed by atoms with Crippen molar-refractivity contribution in [3.05, 3.63) is 10.6 Å². The molecule has 2 heterocycles. The summed E-state index contributed by atoms with van der Waals surface area (Å²) in [5.41, 5.74) is 0.923. The van der Waals surface area contributed by atoms with E-state index in [-0.39, 0.29) is 0 Å². The van der Waals surface area contributed by atoms with Gasteiger partial charge in [-0.1, -0.05) is 25.2 Å². The first kappa shape index (κ1) is 14.5. The number of hydrogen-bond donors (Lipinski definition) is 0. The van der Waals surface area contributed by atoms with Crippen molar-refractivity contribution in [2.45, 2.75) is 45.6 Å². The largest absolute Gasteiger partial charge is 0.376 e. The van der Waals surface area contributed by atoms with Crippen LogP contribution >= 0.6 is 11.3 Å². The minimum absolute atomic E-state index is 0.308. The van der Waals surface area contributed by atoms with E-state index in [1.807, 2.05) is 6.92 Å². The minimum Gasteiger partial charge on any atom is -0.376 e. The predicted molar refractivity (Wildman–Crippen MR) is 78.4 cm³/mol. The van der Waals surface area contributed by atoms with Gasteiger partial charge in [-0.3, -0.25) is 4.79 Å². The Hall–Kier alpha value is -0.940. The molecule has 1 fully saturated rings. The molecular formula is C14H22N2O2S. The van der Waals surface area contributed by atoms with Gasteiger partial charge in [0, 0.05) is 19.7 Å². The van der Waals surface area contributed by atoms with Gasteiger partial charge in [-0.05, 0) is 25.7 Å². The van der Waals surface area contributed by atoms with Crippen molar-refractivity contribution in [2.24, 2.45) is 0 Å². The van der Waals surface area contributed by atoms with Crippen molar-refractivity contribution in [3.63, 3.8) is 0 Å². The van der Waals surface area contributed by atoms with Crippen LogP contribution < -0.4 is 4.90 Å². The van der Waals surface area contributed by atoms with E-state index in [4.69, 9.17) is 4.74 Å². The second kappa shape index (κ2) is 7.01. The van der Waals surface area contributed by atoms with Gasteiger partial charge in [0.1, 0.15) is 0 Å². The fraction of sp³-hybridized carbons (Fsp3) is 0.714. The van der Waals surface area contributed by atoms with Gasteiger partial charge in [0.15, 0.2) is 11.4 Å². The molecule has 1 aromatic heterocycles. The number of carbonyl (C=O) groups excluding carboxylic acids is 1. The summed E-state index contributed by atoms with van der Waals surface area (Å²) in [6, 6.07) is 0. The molecule has 1 aromatic rings. The number of ether oxygens (including phenoxy) is 1. The Bertz CT molecular complexity index is 420. The molecule has 0 N–H and O–H groups in total. The number of aryl methyl sites for hydroxylation is 1. The molecule has 1 unspecified atom stereocenters. The van der Waals surface area contributed by atoms with E-state index in [0.29, 0.717) is 6.10 Å². The van der Waals surface area contributed by atoms with Crippen molar-refractivity contribution in [1.29, 1.82) is 0 Å². The fourth-order valence-electron chi connectivity index (χ4n) is 2.36. The summed E-state index contributed by atoms with van der Waals surface area (Å²) in [6.45, 7) is 6.91. The van der Waals surface area contributed by atoms with Crippen molar-refractivity contribution in [3.8, 4) is 0 Å². The maximum Gasteiger partial charge on any atom is 0.186 e. The first-order chi connectivity index (χ1) is 9.28. The number of rotatable bonds is 6. The lowest BCUT2D eigenvalue weighted by atomic mass is 10.1. The Morgan fingerprint density at radius 1 is 1.53 bits per heavy atom. The quantitative estimate of drug-likeness (QED) is 0.752. The topological polar surface area (TPSA) is 42.4 Å². The summed E-state index contributed by atoms with van der Waals surface area (Å²) < 4.78 is 5.84. The number of carbonyl (C=O) groups is 1. The van der Waals surface area contributed by atoms with Crippen LogP contribution in [0.2, 0.25) is 0 Å². The molecule has 19 heavy (non-hydrogen) atoms. The smallest absolute Gasteiger partial charge is 0.186 e. The second-order valence-corrected chi connectivity index (χ2v) is 5.87. The monoisotopic (exact) mass is 282 g/mol.